The van der Waals surface area contributed by atoms with Crippen molar-refractivity contribution in [3.63, 3.8) is 0 Å². The fourth-order valence-corrected chi connectivity index (χ4v) is 1.13. The maximum atomic E-state index is 11.3. The molecule has 0 saturated carbocycles. The van der Waals surface area contributed by atoms with Crippen molar-refractivity contribution in [3.8, 4) is 0 Å². The molecule has 0 aromatic carbocycles. The van der Waals surface area contributed by atoms with Crippen molar-refractivity contribution in [2.45, 2.75) is 12.5 Å². The van der Waals surface area contributed by atoms with E-state index < -0.39 is 12.0 Å². The van der Waals surface area contributed by atoms with Crippen LogP contribution in [0, 0.1) is 0 Å². The fourth-order valence-electron chi connectivity index (χ4n) is 1.13. The van der Waals surface area contributed by atoms with E-state index >= 15 is 0 Å². The molecule has 3 N–H and O–H groups in total. The minimum atomic E-state index is -0.788. The zero-order valence-electron chi connectivity index (χ0n) is 8.11. The standard InChI is InChI=1S/C8H13N3O3/c1-11-7(12)5(4-10-11)3-6(9)8(13)14-2/h4,6,10H,3,9H2,1-2H3/t6-/m1/s1. The highest BCUT2D eigenvalue weighted by Gasteiger charge is 2.16. The first-order chi connectivity index (χ1) is 6.56. The summed E-state index contributed by atoms with van der Waals surface area (Å²) in [6, 6.07) is -0.788. The number of nitrogens with two attached hydrogens (primary N) is 1. The maximum absolute atomic E-state index is 11.3. The summed E-state index contributed by atoms with van der Waals surface area (Å²) in [5.41, 5.74) is 5.80. The quantitative estimate of drug-likeness (QED) is 0.595. The normalized spacial score (nSPS) is 12.5. The molecule has 0 saturated heterocycles. The van der Waals surface area contributed by atoms with Gasteiger partial charge in [-0.2, -0.15) is 0 Å². The molecule has 0 aliphatic rings. The van der Waals surface area contributed by atoms with Crippen LogP contribution in [0.2, 0.25) is 0 Å². The van der Waals surface area contributed by atoms with Gasteiger partial charge in [-0.05, 0) is 0 Å². The molecule has 0 radical (unpaired) electrons. The Balaban J connectivity index is 2.74. The van der Waals surface area contributed by atoms with Gasteiger partial charge in [-0.15, -0.1) is 0 Å². The second-order valence-corrected chi connectivity index (χ2v) is 3.00. The first-order valence-electron chi connectivity index (χ1n) is 4.13. The summed E-state index contributed by atoms with van der Waals surface area (Å²) in [7, 11) is 2.85. The molecule has 0 spiro atoms. The van der Waals surface area contributed by atoms with Crippen LogP contribution in [0.3, 0.4) is 0 Å². The number of rotatable bonds is 3. The van der Waals surface area contributed by atoms with E-state index in [4.69, 9.17) is 5.73 Å². The molecular weight excluding hydrogens is 186 g/mol. The van der Waals surface area contributed by atoms with Gasteiger partial charge in [-0.3, -0.25) is 14.3 Å². The third-order valence-electron chi connectivity index (χ3n) is 1.96. The van der Waals surface area contributed by atoms with Gasteiger partial charge in [0.15, 0.2) is 0 Å². The van der Waals surface area contributed by atoms with E-state index in [1.165, 1.54) is 18.0 Å². The molecule has 0 unspecified atom stereocenters. The third kappa shape index (κ3) is 2.02. The number of esters is 1. The van der Waals surface area contributed by atoms with Crippen LogP contribution in [0.1, 0.15) is 5.56 Å². The lowest BCUT2D eigenvalue weighted by atomic mass is 10.1. The Morgan fingerprint density at radius 1 is 1.79 bits per heavy atom. The molecular formula is C8H13N3O3. The molecule has 0 fully saturated rings. The van der Waals surface area contributed by atoms with Gasteiger partial charge in [0, 0.05) is 25.2 Å². The monoisotopic (exact) mass is 199 g/mol. The second kappa shape index (κ2) is 4.10. The number of methoxy groups -OCH3 is 1. The lowest BCUT2D eigenvalue weighted by Gasteiger charge is -2.05. The van der Waals surface area contributed by atoms with Crippen LogP contribution >= 0.6 is 0 Å². The maximum Gasteiger partial charge on any atom is 0.322 e. The van der Waals surface area contributed by atoms with Crippen molar-refractivity contribution >= 4 is 5.97 Å². The van der Waals surface area contributed by atoms with Crippen LogP contribution in [-0.2, 0) is 23.0 Å². The Morgan fingerprint density at radius 3 is 2.86 bits per heavy atom. The first kappa shape index (κ1) is 10.5. The Labute approximate surface area is 80.6 Å². The van der Waals surface area contributed by atoms with Crippen LogP contribution in [0.15, 0.2) is 11.0 Å². The Bertz CT molecular complexity index is 379. The average Bonchev–Trinajstić information content (AvgIpc) is 2.48. The predicted octanol–water partition coefficient (Wildman–Crippen LogP) is -1.24. The number of carbonyl (C=O) groups is 1. The highest BCUT2D eigenvalue weighted by Crippen LogP contribution is 1.95. The number of H-pyrrole nitrogens is 1. The number of carbonyl (C=O) groups excluding carboxylic acids is 1. The number of aromatic nitrogens is 2. The summed E-state index contributed by atoms with van der Waals surface area (Å²) in [6.07, 6.45) is 1.72. The van der Waals surface area contributed by atoms with Gasteiger partial charge in [-0.25, -0.2) is 0 Å². The lowest BCUT2D eigenvalue weighted by Crippen LogP contribution is -2.35. The van der Waals surface area contributed by atoms with E-state index in [0.29, 0.717) is 5.56 Å². The molecule has 0 aliphatic carbocycles. The van der Waals surface area contributed by atoms with Gasteiger partial charge in [0.25, 0.3) is 5.56 Å². The molecule has 1 aromatic rings. The van der Waals surface area contributed by atoms with Gasteiger partial charge in [-0.1, -0.05) is 0 Å². The van der Waals surface area contributed by atoms with Crippen LogP contribution in [0.5, 0.6) is 0 Å². The van der Waals surface area contributed by atoms with Crippen molar-refractivity contribution in [1.29, 1.82) is 0 Å². The summed E-state index contributed by atoms with van der Waals surface area (Å²) in [5, 5.41) is 2.70. The summed E-state index contributed by atoms with van der Waals surface area (Å²) in [4.78, 5) is 22.3. The fraction of sp³-hybridized carbons (Fsp3) is 0.500. The summed E-state index contributed by atoms with van der Waals surface area (Å²) in [5.74, 6) is -0.520. The van der Waals surface area contributed by atoms with Crippen molar-refractivity contribution in [1.82, 2.24) is 9.78 Å². The molecule has 1 rings (SSSR count). The van der Waals surface area contributed by atoms with Crippen LogP contribution in [0.25, 0.3) is 0 Å². The SMILES string of the molecule is COC(=O)[C@H](N)Cc1c[nH]n(C)c1=O. The number of aryl methyl sites for hydroxylation is 1. The highest BCUT2D eigenvalue weighted by molar-refractivity contribution is 5.75. The largest absolute Gasteiger partial charge is 0.468 e. The molecule has 6 nitrogen and oxygen atoms in total. The molecule has 6 heteroatoms. The molecule has 1 aromatic heterocycles. The molecule has 78 valence electrons. The van der Waals surface area contributed by atoms with E-state index in [9.17, 15) is 9.59 Å². The number of aromatic amines is 1. The van der Waals surface area contributed by atoms with E-state index in [0.717, 1.165) is 0 Å². The Kier molecular flexibility index (Phi) is 3.08. The number of hydrogen-bond acceptors (Lipinski definition) is 4. The number of nitrogens with zero attached hydrogens (tertiary/aromatic N) is 1. The number of hydrogen-bond donors (Lipinski definition) is 2. The van der Waals surface area contributed by atoms with E-state index in [1.807, 2.05) is 0 Å². The minimum absolute atomic E-state index is 0.177. The average molecular weight is 199 g/mol. The zero-order chi connectivity index (χ0) is 10.7. The lowest BCUT2D eigenvalue weighted by molar-refractivity contribution is -0.142. The van der Waals surface area contributed by atoms with Crippen molar-refractivity contribution in [2.75, 3.05) is 7.11 Å². The molecule has 14 heavy (non-hydrogen) atoms. The molecule has 0 aliphatic heterocycles. The van der Waals surface area contributed by atoms with Gasteiger partial charge in [0.2, 0.25) is 0 Å². The van der Waals surface area contributed by atoms with Crippen molar-refractivity contribution < 1.29 is 9.53 Å². The number of nitrogens with one attached hydrogen (secondary N) is 1. The molecule has 1 atom stereocenters. The summed E-state index contributed by atoms with van der Waals surface area (Å²) >= 11 is 0. The van der Waals surface area contributed by atoms with Crippen LogP contribution in [0.4, 0.5) is 0 Å². The van der Waals surface area contributed by atoms with E-state index in [-0.39, 0.29) is 12.0 Å². The topological polar surface area (TPSA) is 90.1 Å². The summed E-state index contributed by atoms with van der Waals surface area (Å²) in [6.45, 7) is 0. The highest BCUT2D eigenvalue weighted by atomic mass is 16.5. The van der Waals surface area contributed by atoms with E-state index in [2.05, 4.69) is 9.84 Å². The van der Waals surface area contributed by atoms with Crippen LogP contribution in [-0.4, -0.2) is 28.9 Å². The second-order valence-electron chi connectivity index (χ2n) is 3.00. The van der Waals surface area contributed by atoms with Gasteiger partial charge < -0.3 is 15.6 Å². The predicted molar refractivity (Wildman–Crippen MR) is 49.7 cm³/mol. The van der Waals surface area contributed by atoms with Crippen LogP contribution < -0.4 is 11.3 Å². The first-order valence-corrected chi connectivity index (χ1v) is 4.13. The zero-order valence-corrected chi connectivity index (χ0v) is 8.11. The van der Waals surface area contributed by atoms with Gasteiger partial charge in [0.1, 0.15) is 6.04 Å². The smallest absolute Gasteiger partial charge is 0.322 e. The molecule has 0 bridgehead atoms. The van der Waals surface area contributed by atoms with E-state index in [1.54, 1.807) is 7.05 Å². The summed E-state index contributed by atoms with van der Waals surface area (Å²) < 4.78 is 5.77. The number of ether oxygens (including phenoxy) is 1. The Hall–Kier alpha value is -1.56. The minimum Gasteiger partial charge on any atom is -0.468 e. The molecule has 0 amide bonds. The third-order valence-corrected chi connectivity index (χ3v) is 1.96. The van der Waals surface area contributed by atoms with Crippen molar-refractivity contribution in [2.24, 2.45) is 12.8 Å². The molecule has 1 heterocycles. The van der Waals surface area contributed by atoms with Crippen molar-refractivity contribution in [3.05, 3.63) is 22.1 Å². The van der Waals surface area contributed by atoms with Gasteiger partial charge in [0.05, 0.1) is 7.11 Å². The van der Waals surface area contributed by atoms with Gasteiger partial charge >= 0.3 is 5.97 Å². The Morgan fingerprint density at radius 2 is 2.43 bits per heavy atom.